The Morgan fingerprint density at radius 1 is 1.38 bits per heavy atom. The highest BCUT2D eigenvalue weighted by Crippen LogP contribution is 2.34. The Morgan fingerprint density at radius 3 is 2.62 bits per heavy atom. The molecule has 24 heavy (non-hydrogen) atoms. The topological polar surface area (TPSA) is 61.0 Å². The number of benzene rings is 1. The average molecular weight is 340 g/mol. The summed E-state index contributed by atoms with van der Waals surface area (Å²) < 4.78 is 39.2. The van der Waals surface area contributed by atoms with Crippen molar-refractivity contribution < 1.29 is 18.0 Å². The van der Waals surface area contributed by atoms with Crippen LogP contribution in [0.2, 0.25) is 0 Å². The summed E-state index contributed by atoms with van der Waals surface area (Å²) in [6.07, 6.45) is -2.82. The van der Waals surface area contributed by atoms with Gasteiger partial charge in [0.15, 0.2) is 0 Å². The van der Waals surface area contributed by atoms with Crippen molar-refractivity contribution in [3.05, 3.63) is 53.1 Å². The third-order valence-electron chi connectivity index (χ3n) is 3.56. The number of nitrogens with zero attached hydrogens (tertiary/aromatic N) is 2. The lowest BCUT2D eigenvalue weighted by molar-refractivity contribution is -0.138. The Morgan fingerprint density at radius 2 is 2.04 bits per heavy atom. The van der Waals surface area contributed by atoms with Crippen LogP contribution in [-0.2, 0) is 12.7 Å². The first-order valence-electron chi connectivity index (χ1n) is 7.36. The Kier molecular flexibility index (Phi) is 5.16. The number of aryl methyl sites for hydroxylation is 1. The van der Waals surface area contributed by atoms with E-state index in [9.17, 15) is 18.0 Å². The van der Waals surface area contributed by atoms with Gasteiger partial charge in [-0.2, -0.15) is 13.2 Å². The summed E-state index contributed by atoms with van der Waals surface area (Å²) >= 11 is 0. The van der Waals surface area contributed by atoms with Crippen molar-refractivity contribution in [3.8, 4) is 0 Å². The molecule has 1 aromatic heterocycles. The summed E-state index contributed by atoms with van der Waals surface area (Å²) in [6.45, 7) is 3.59. The van der Waals surface area contributed by atoms with Gasteiger partial charge >= 0.3 is 12.2 Å². The summed E-state index contributed by atoms with van der Waals surface area (Å²) in [7, 11) is 1.55. The molecule has 0 aliphatic carbocycles. The zero-order valence-electron chi connectivity index (χ0n) is 13.6. The third kappa shape index (κ3) is 4.27. The van der Waals surface area contributed by atoms with Gasteiger partial charge in [-0.15, -0.1) is 0 Å². The van der Waals surface area contributed by atoms with Crippen LogP contribution in [-0.4, -0.2) is 27.9 Å². The van der Waals surface area contributed by atoms with Crippen molar-refractivity contribution in [2.75, 3.05) is 7.05 Å². The Bertz CT molecular complexity index is 711. The number of rotatable bonds is 4. The van der Waals surface area contributed by atoms with Crippen molar-refractivity contribution >= 4 is 6.03 Å². The fraction of sp³-hybridized carbons (Fsp3) is 0.375. The number of H-pyrrole nitrogens is 1. The summed E-state index contributed by atoms with van der Waals surface area (Å²) in [5.41, 5.74) is 0.147. The van der Waals surface area contributed by atoms with Gasteiger partial charge in [0.2, 0.25) is 0 Å². The lowest BCUT2D eigenvalue weighted by Gasteiger charge is -2.23. The molecule has 0 spiro atoms. The maximum atomic E-state index is 13.1. The summed E-state index contributed by atoms with van der Waals surface area (Å²) in [4.78, 5) is 20.6. The highest BCUT2D eigenvalue weighted by Gasteiger charge is 2.34. The van der Waals surface area contributed by atoms with E-state index in [0.717, 1.165) is 11.8 Å². The van der Waals surface area contributed by atoms with Crippen LogP contribution in [0, 0.1) is 6.92 Å². The second kappa shape index (κ2) is 6.94. The maximum absolute atomic E-state index is 13.1. The largest absolute Gasteiger partial charge is 0.416 e. The highest BCUT2D eigenvalue weighted by atomic mass is 19.4. The minimum absolute atomic E-state index is 0.0283. The van der Waals surface area contributed by atoms with E-state index >= 15 is 0 Å². The molecule has 130 valence electrons. The summed E-state index contributed by atoms with van der Waals surface area (Å²) in [5.74, 6) is 0.605. The Hall–Kier alpha value is -2.51. The average Bonchev–Trinajstić information content (AvgIpc) is 2.91. The molecule has 2 rings (SSSR count). The van der Waals surface area contributed by atoms with E-state index in [1.54, 1.807) is 13.2 Å². The minimum atomic E-state index is -4.47. The number of aromatic amines is 1. The normalized spacial score (nSPS) is 12.8. The predicted molar refractivity (Wildman–Crippen MR) is 83.2 cm³/mol. The minimum Gasteiger partial charge on any atom is -0.345 e. The molecule has 2 aromatic rings. The summed E-state index contributed by atoms with van der Waals surface area (Å²) in [6, 6.07) is 3.95. The number of nitrogens with one attached hydrogen (secondary N) is 2. The maximum Gasteiger partial charge on any atom is 0.416 e. The molecule has 0 fully saturated rings. The van der Waals surface area contributed by atoms with E-state index in [0.29, 0.717) is 5.82 Å². The number of aromatic nitrogens is 2. The van der Waals surface area contributed by atoms with Crippen LogP contribution in [0.1, 0.15) is 35.6 Å². The Labute approximate surface area is 137 Å². The third-order valence-corrected chi connectivity index (χ3v) is 3.56. The number of hydrogen-bond donors (Lipinski definition) is 2. The van der Waals surface area contributed by atoms with E-state index < -0.39 is 23.8 Å². The number of halogens is 3. The fourth-order valence-corrected chi connectivity index (χ4v) is 2.35. The SMILES string of the molecule is Cc1cnc(CN(C)C(=O)N[C@H](C)c2ccccc2C(F)(F)F)[nH]1. The van der Waals surface area contributed by atoms with E-state index in [4.69, 9.17) is 0 Å². The van der Waals surface area contributed by atoms with Crippen molar-refractivity contribution in [3.63, 3.8) is 0 Å². The van der Waals surface area contributed by atoms with Crippen molar-refractivity contribution in [2.45, 2.75) is 32.6 Å². The van der Waals surface area contributed by atoms with Crippen LogP contribution < -0.4 is 5.32 Å². The number of hydrogen-bond acceptors (Lipinski definition) is 2. The molecule has 2 amide bonds. The number of carbonyl (C=O) groups excluding carboxylic acids is 1. The van der Waals surface area contributed by atoms with Crippen LogP contribution in [0.3, 0.4) is 0 Å². The number of carbonyl (C=O) groups is 1. The van der Waals surface area contributed by atoms with Gasteiger partial charge in [0.05, 0.1) is 18.2 Å². The van der Waals surface area contributed by atoms with Crippen molar-refractivity contribution in [2.24, 2.45) is 0 Å². The zero-order chi connectivity index (χ0) is 17.9. The molecule has 2 N–H and O–H groups in total. The number of alkyl halides is 3. The van der Waals surface area contributed by atoms with Crippen molar-refractivity contribution in [1.29, 1.82) is 0 Å². The molecule has 0 aliphatic rings. The van der Waals surface area contributed by atoms with Gasteiger partial charge in [-0.1, -0.05) is 18.2 Å². The lowest BCUT2D eigenvalue weighted by atomic mass is 10.0. The van der Waals surface area contributed by atoms with Gasteiger partial charge < -0.3 is 15.2 Å². The van der Waals surface area contributed by atoms with E-state index in [1.807, 2.05) is 6.92 Å². The number of imidazole rings is 1. The molecule has 8 heteroatoms. The second-order valence-corrected chi connectivity index (χ2v) is 5.63. The monoisotopic (exact) mass is 340 g/mol. The van der Waals surface area contributed by atoms with Crippen LogP contribution in [0.25, 0.3) is 0 Å². The van der Waals surface area contributed by atoms with Gasteiger partial charge in [-0.3, -0.25) is 0 Å². The molecule has 0 bridgehead atoms. The molecule has 5 nitrogen and oxygen atoms in total. The van der Waals surface area contributed by atoms with Gasteiger partial charge in [0.25, 0.3) is 0 Å². The van der Waals surface area contributed by atoms with E-state index in [1.165, 1.54) is 30.0 Å². The molecular formula is C16H19F3N4O. The van der Waals surface area contributed by atoms with Crippen LogP contribution in [0.4, 0.5) is 18.0 Å². The molecule has 1 atom stereocenters. The van der Waals surface area contributed by atoms with E-state index in [-0.39, 0.29) is 12.1 Å². The molecule has 1 heterocycles. The van der Waals surface area contributed by atoms with Gasteiger partial charge in [0, 0.05) is 18.9 Å². The number of amides is 2. The van der Waals surface area contributed by atoms with E-state index in [2.05, 4.69) is 15.3 Å². The molecule has 0 radical (unpaired) electrons. The molecule has 1 aromatic carbocycles. The predicted octanol–water partition coefficient (Wildman–Crippen LogP) is 3.64. The number of urea groups is 1. The molecule has 0 aliphatic heterocycles. The lowest BCUT2D eigenvalue weighted by Crippen LogP contribution is -2.38. The highest BCUT2D eigenvalue weighted by molar-refractivity contribution is 5.74. The first-order valence-corrected chi connectivity index (χ1v) is 7.36. The van der Waals surface area contributed by atoms with Crippen molar-refractivity contribution in [1.82, 2.24) is 20.2 Å². The smallest absolute Gasteiger partial charge is 0.345 e. The standard InChI is InChI=1S/C16H19F3N4O/c1-10-8-20-14(21-10)9-23(3)15(24)22-11(2)12-6-4-5-7-13(12)16(17,18)19/h4-8,11H,9H2,1-3H3,(H,20,21)(H,22,24)/t11-/m1/s1. The van der Waals surface area contributed by atoms with Gasteiger partial charge in [-0.05, 0) is 25.5 Å². The zero-order valence-corrected chi connectivity index (χ0v) is 13.6. The molecule has 0 saturated heterocycles. The van der Waals surface area contributed by atoms with Crippen LogP contribution in [0.15, 0.2) is 30.5 Å². The molecule has 0 saturated carbocycles. The quantitative estimate of drug-likeness (QED) is 0.893. The van der Waals surface area contributed by atoms with Gasteiger partial charge in [-0.25, -0.2) is 9.78 Å². The second-order valence-electron chi connectivity index (χ2n) is 5.63. The van der Waals surface area contributed by atoms with Crippen LogP contribution in [0.5, 0.6) is 0 Å². The van der Waals surface area contributed by atoms with Crippen LogP contribution >= 0.6 is 0 Å². The summed E-state index contributed by atoms with van der Waals surface area (Å²) in [5, 5.41) is 2.58. The first-order chi connectivity index (χ1) is 11.2. The first kappa shape index (κ1) is 17.8. The molecule has 0 unspecified atom stereocenters. The fourth-order valence-electron chi connectivity index (χ4n) is 2.35. The Balaban J connectivity index is 2.06. The van der Waals surface area contributed by atoms with Gasteiger partial charge in [0.1, 0.15) is 5.82 Å². The molecular weight excluding hydrogens is 321 g/mol.